The van der Waals surface area contributed by atoms with Crippen molar-refractivity contribution in [2.24, 2.45) is 0 Å². The molecule has 0 aromatic carbocycles. The third-order valence-electron chi connectivity index (χ3n) is 9.22. The Bertz CT molecular complexity index is 733. The van der Waals surface area contributed by atoms with E-state index in [0.29, 0.717) is 0 Å². The standard InChI is InChI=1S/C26H48P2.3C2H3N.2BF4.Ni/c1-5-13-23(14-6-1)27(24-15-7-2-8-16-24)21-22-28(25-17-9-3-10-18-25)26-19-11-4-12-20-26;3*1-2-3;2*2-1(3,4)5;/h23-26H,1-22H2;3*1H3;;;/q;;;;2*-1;+2/p+2. The van der Waals surface area contributed by atoms with Gasteiger partial charge in [0.15, 0.2) is 0 Å². The maximum Gasteiger partial charge on any atom is 2.00 e. The first kappa shape index (κ1) is 51.8. The second-order valence-corrected chi connectivity index (χ2v) is 19.2. The van der Waals surface area contributed by atoms with Gasteiger partial charge in [0.1, 0.15) is 0 Å². The summed E-state index contributed by atoms with van der Waals surface area (Å²) in [4.78, 5) is 0. The normalized spacial score (nSPS) is 19.1. The average Bonchev–Trinajstić information content (AvgIpc) is 3.01. The monoisotopic (exact) mass is 779 g/mol. The molecular formula is C32H59B2F8N3NiP2+2. The molecule has 48 heavy (non-hydrogen) atoms. The molecule has 0 bridgehead atoms. The van der Waals surface area contributed by atoms with E-state index < -0.39 is 14.5 Å². The molecule has 0 aromatic heterocycles. The van der Waals surface area contributed by atoms with E-state index in [1.165, 1.54) is 43.4 Å². The number of hydrogen-bond donors (Lipinski definition) is 0. The molecule has 0 atom stereocenters. The Kier molecular flexibility index (Phi) is 34.8. The first-order chi connectivity index (χ1) is 22.2. The van der Waals surface area contributed by atoms with Gasteiger partial charge in [-0.15, -0.1) is 0 Å². The molecular weight excluding hydrogens is 721 g/mol. The first-order valence-electron chi connectivity index (χ1n) is 17.5. The maximum atomic E-state index is 9.75. The minimum atomic E-state index is -6.00. The zero-order valence-corrected chi connectivity index (χ0v) is 32.2. The molecule has 0 unspecified atom stereocenters. The molecule has 0 saturated heterocycles. The Morgan fingerprint density at radius 3 is 0.667 bits per heavy atom. The van der Waals surface area contributed by atoms with E-state index in [1.54, 1.807) is 159 Å². The zero-order chi connectivity index (χ0) is 36.1. The van der Waals surface area contributed by atoms with Crippen molar-refractivity contribution in [3.8, 4) is 18.2 Å². The van der Waals surface area contributed by atoms with Crippen LogP contribution in [-0.4, -0.2) is 49.5 Å². The predicted octanol–water partition coefficient (Wildman–Crippen LogP) is 12.9. The number of nitrogens with zero attached hydrogens (tertiary/aromatic N) is 3. The van der Waals surface area contributed by atoms with Crippen LogP contribution < -0.4 is 0 Å². The van der Waals surface area contributed by atoms with Gasteiger partial charge in [-0.1, -0.05) is 25.7 Å². The van der Waals surface area contributed by atoms with Crippen LogP contribution in [0.4, 0.5) is 34.5 Å². The quantitative estimate of drug-likeness (QED) is 0.147. The molecule has 4 aliphatic carbocycles. The number of nitriles is 3. The molecule has 0 aliphatic heterocycles. The molecule has 0 amide bonds. The van der Waals surface area contributed by atoms with Gasteiger partial charge in [-0.05, 0) is 103 Å². The summed E-state index contributed by atoms with van der Waals surface area (Å²) in [7, 11) is -12.2. The average molecular weight is 780 g/mol. The fourth-order valence-electron chi connectivity index (χ4n) is 7.67. The van der Waals surface area contributed by atoms with Crippen molar-refractivity contribution in [3.05, 3.63) is 0 Å². The van der Waals surface area contributed by atoms with Crippen LogP contribution in [0.5, 0.6) is 0 Å². The smallest absolute Gasteiger partial charge is 0.418 e. The first-order valence-corrected chi connectivity index (χ1v) is 21.3. The summed E-state index contributed by atoms with van der Waals surface area (Å²) in [5, 5.41) is 22.0. The van der Waals surface area contributed by atoms with Crippen LogP contribution in [0.15, 0.2) is 0 Å². The van der Waals surface area contributed by atoms with Crippen LogP contribution in [0.2, 0.25) is 0 Å². The van der Waals surface area contributed by atoms with E-state index in [4.69, 9.17) is 15.8 Å². The van der Waals surface area contributed by atoms with Crippen molar-refractivity contribution in [2.45, 2.75) is 172 Å². The topological polar surface area (TPSA) is 71.4 Å². The van der Waals surface area contributed by atoms with Gasteiger partial charge in [0.25, 0.3) is 0 Å². The second-order valence-electron chi connectivity index (χ2n) is 12.7. The van der Waals surface area contributed by atoms with Crippen LogP contribution in [0.3, 0.4) is 0 Å². The number of hydrogen-bond acceptors (Lipinski definition) is 3. The summed E-state index contributed by atoms with van der Waals surface area (Å²) >= 11 is 0. The molecule has 16 heteroatoms. The second kappa shape index (κ2) is 32.3. The van der Waals surface area contributed by atoms with Crippen molar-refractivity contribution in [1.82, 2.24) is 0 Å². The van der Waals surface area contributed by atoms with E-state index in [0.717, 1.165) is 0 Å². The summed E-state index contributed by atoms with van der Waals surface area (Å²) in [5.41, 5.74) is 4.90. The van der Waals surface area contributed by atoms with Gasteiger partial charge in [-0.3, -0.25) is 0 Å². The Labute approximate surface area is 298 Å². The largest absolute Gasteiger partial charge is 2.00 e. The van der Waals surface area contributed by atoms with Crippen LogP contribution in [-0.2, 0) is 16.5 Å². The van der Waals surface area contributed by atoms with Crippen LogP contribution in [0.25, 0.3) is 0 Å². The Balaban J connectivity index is -0.000000841. The third-order valence-corrected chi connectivity index (χ3v) is 17.9. The van der Waals surface area contributed by atoms with Crippen molar-refractivity contribution in [1.29, 1.82) is 15.8 Å². The SMILES string of the molecule is C1CCC([PH+](CC[PH+](C2CCCCC2)C2CCCCC2)C2CCCCC2)CC1.CC#N.CC#N.CC#N.F[B-](F)(F)F.F[B-](F)(F)F.[Ni+2]. The summed E-state index contributed by atoms with van der Waals surface area (Å²) in [6.45, 7) is 4.29. The van der Waals surface area contributed by atoms with Gasteiger partial charge in [-0.2, -0.15) is 15.8 Å². The number of rotatable bonds is 7. The third kappa shape index (κ3) is 32.6. The van der Waals surface area contributed by atoms with Gasteiger partial charge in [0.05, 0.1) is 53.2 Å². The van der Waals surface area contributed by atoms with Crippen molar-refractivity contribution in [2.75, 3.05) is 12.3 Å². The molecule has 0 aromatic rings. The van der Waals surface area contributed by atoms with Gasteiger partial charge >= 0.3 is 31.0 Å². The Morgan fingerprint density at radius 1 is 0.417 bits per heavy atom. The fraction of sp³-hybridized carbons (Fsp3) is 0.906. The molecule has 3 nitrogen and oxygen atoms in total. The van der Waals surface area contributed by atoms with E-state index in [2.05, 4.69) is 0 Å². The van der Waals surface area contributed by atoms with Crippen molar-refractivity contribution >= 4 is 30.4 Å². The molecule has 0 N–H and O–H groups in total. The van der Waals surface area contributed by atoms with Crippen LogP contribution >= 0.6 is 15.8 Å². The molecule has 282 valence electrons. The minimum absolute atomic E-state index is 0. The molecule has 0 radical (unpaired) electrons. The van der Waals surface area contributed by atoms with Gasteiger partial charge in [-0.25, -0.2) is 0 Å². The summed E-state index contributed by atoms with van der Waals surface area (Å²) < 4.78 is 78.0. The van der Waals surface area contributed by atoms with Crippen LogP contribution in [0, 0.1) is 34.0 Å². The Hall–Kier alpha value is -0.607. The molecule has 4 fully saturated rings. The van der Waals surface area contributed by atoms with E-state index in [-0.39, 0.29) is 32.3 Å². The summed E-state index contributed by atoms with van der Waals surface area (Å²) in [6, 6.07) is 5.25. The van der Waals surface area contributed by atoms with Gasteiger partial charge in [0.2, 0.25) is 0 Å². The van der Waals surface area contributed by atoms with E-state index in [9.17, 15) is 34.5 Å². The fourth-order valence-corrected chi connectivity index (χ4v) is 17.5. The molecule has 4 saturated carbocycles. The molecule has 0 spiro atoms. The summed E-state index contributed by atoms with van der Waals surface area (Å²) in [6.07, 6.45) is 35.5. The zero-order valence-electron chi connectivity index (χ0n) is 29.2. The molecule has 4 aliphatic rings. The predicted molar refractivity (Wildman–Crippen MR) is 188 cm³/mol. The summed E-state index contributed by atoms with van der Waals surface area (Å²) in [5.74, 6) is 0. The minimum Gasteiger partial charge on any atom is -0.418 e. The van der Waals surface area contributed by atoms with E-state index >= 15 is 0 Å². The molecule has 0 heterocycles. The van der Waals surface area contributed by atoms with Gasteiger partial charge in [0, 0.05) is 36.6 Å². The van der Waals surface area contributed by atoms with Crippen molar-refractivity contribution in [3.63, 3.8) is 0 Å². The number of halogens is 8. The van der Waals surface area contributed by atoms with Gasteiger partial charge < -0.3 is 34.5 Å². The van der Waals surface area contributed by atoms with E-state index in [1.807, 2.05) is 0 Å². The van der Waals surface area contributed by atoms with Crippen molar-refractivity contribution < 1.29 is 51.0 Å². The maximum absolute atomic E-state index is 9.75. The van der Waals surface area contributed by atoms with Crippen LogP contribution in [0.1, 0.15) is 149 Å². The Morgan fingerprint density at radius 2 is 0.542 bits per heavy atom. The molecule has 4 rings (SSSR count).